The van der Waals surface area contributed by atoms with Gasteiger partial charge in [0.2, 0.25) is 0 Å². The first-order valence-electron chi connectivity index (χ1n) is 7.79. The molecule has 118 valence electrons. The topological polar surface area (TPSA) is 84.1 Å². The average Bonchev–Trinajstić information content (AvgIpc) is 3.22. The average molecular weight is 310 g/mol. The van der Waals surface area contributed by atoms with Crippen LogP contribution in [0.5, 0.6) is 0 Å². The van der Waals surface area contributed by atoms with Gasteiger partial charge in [0.25, 0.3) is 0 Å². The summed E-state index contributed by atoms with van der Waals surface area (Å²) in [5.41, 5.74) is 0.753. The van der Waals surface area contributed by atoms with Gasteiger partial charge in [0.05, 0.1) is 6.54 Å². The van der Waals surface area contributed by atoms with Crippen LogP contribution in [0.1, 0.15) is 24.5 Å². The summed E-state index contributed by atoms with van der Waals surface area (Å²) < 4.78 is 1.80. The van der Waals surface area contributed by atoms with Crippen molar-refractivity contribution in [1.82, 2.24) is 29.8 Å². The molecule has 3 aromatic rings. The number of nitrogens with zero attached hydrogens (tertiary/aromatic N) is 7. The number of rotatable bonds is 4. The maximum absolute atomic E-state index is 4.69. The second-order valence-electron chi connectivity index (χ2n) is 5.61. The summed E-state index contributed by atoms with van der Waals surface area (Å²) in [6, 6.07) is 5.81. The predicted molar refractivity (Wildman–Crippen MR) is 86.3 cm³/mol. The lowest BCUT2D eigenvalue weighted by Crippen LogP contribution is -2.20. The van der Waals surface area contributed by atoms with Crippen molar-refractivity contribution in [3.63, 3.8) is 0 Å². The largest absolute Gasteiger partial charge is 0.363 e. The minimum atomic E-state index is 0.508. The Bertz CT molecular complexity index is 821. The van der Waals surface area contributed by atoms with Crippen LogP contribution in [0, 0.1) is 6.92 Å². The van der Waals surface area contributed by atoms with E-state index < -0.39 is 0 Å². The second-order valence-corrected chi connectivity index (χ2v) is 5.61. The Labute approximate surface area is 133 Å². The maximum Gasteiger partial charge on any atom is 0.178 e. The van der Waals surface area contributed by atoms with Gasteiger partial charge in [0, 0.05) is 19.3 Å². The number of hydrogen-bond donors (Lipinski definition) is 1. The van der Waals surface area contributed by atoms with Gasteiger partial charge in [-0.25, -0.2) is 9.97 Å². The van der Waals surface area contributed by atoms with Crippen molar-refractivity contribution in [3.05, 3.63) is 36.0 Å². The fourth-order valence-corrected chi connectivity index (χ4v) is 2.77. The van der Waals surface area contributed by atoms with E-state index >= 15 is 0 Å². The first kappa shape index (κ1) is 13.9. The van der Waals surface area contributed by atoms with Crippen molar-refractivity contribution >= 4 is 17.3 Å². The fourth-order valence-electron chi connectivity index (χ4n) is 2.77. The molecule has 0 unspecified atom stereocenters. The minimum absolute atomic E-state index is 0.508. The van der Waals surface area contributed by atoms with Gasteiger partial charge in [-0.3, -0.25) is 0 Å². The quantitative estimate of drug-likeness (QED) is 0.780. The minimum Gasteiger partial charge on any atom is -0.363 e. The van der Waals surface area contributed by atoms with E-state index in [4.69, 9.17) is 5.10 Å². The van der Waals surface area contributed by atoms with Crippen molar-refractivity contribution in [2.75, 3.05) is 23.3 Å². The van der Waals surface area contributed by atoms with Crippen molar-refractivity contribution in [2.24, 2.45) is 0 Å². The summed E-state index contributed by atoms with van der Waals surface area (Å²) in [4.78, 5) is 10.7. The Morgan fingerprint density at radius 3 is 2.83 bits per heavy atom. The number of fused-ring (bicyclic) bond motifs is 1. The van der Waals surface area contributed by atoms with Crippen molar-refractivity contribution < 1.29 is 0 Å². The summed E-state index contributed by atoms with van der Waals surface area (Å²) in [5, 5.41) is 16.3. The van der Waals surface area contributed by atoms with E-state index in [0.717, 1.165) is 42.0 Å². The predicted octanol–water partition coefficient (Wildman–Crippen LogP) is 1.44. The molecule has 23 heavy (non-hydrogen) atoms. The van der Waals surface area contributed by atoms with Gasteiger partial charge in [-0.2, -0.15) is 4.52 Å². The zero-order valence-corrected chi connectivity index (χ0v) is 13.0. The van der Waals surface area contributed by atoms with Crippen LogP contribution >= 0.6 is 0 Å². The van der Waals surface area contributed by atoms with E-state index in [1.54, 1.807) is 10.7 Å². The standard InChI is InChI=1S/C15H18N8/c1-11-16-7-6-12(18-11)17-10-15-20-19-13-4-5-14(21-23(13)15)22-8-2-3-9-22/h4-7H,2-3,8-10H2,1H3,(H,16,17,18). The maximum atomic E-state index is 4.69. The summed E-state index contributed by atoms with van der Waals surface area (Å²) in [7, 11) is 0. The number of anilines is 2. The molecule has 0 atom stereocenters. The molecule has 0 spiro atoms. The van der Waals surface area contributed by atoms with Gasteiger partial charge in [-0.1, -0.05) is 0 Å². The van der Waals surface area contributed by atoms with Crippen molar-refractivity contribution in [2.45, 2.75) is 26.3 Å². The van der Waals surface area contributed by atoms with E-state index in [-0.39, 0.29) is 0 Å². The number of nitrogens with one attached hydrogen (secondary N) is 1. The monoisotopic (exact) mass is 310 g/mol. The molecule has 1 N–H and O–H groups in total. The normalized spacial score (nSPS) is 14.6. The van der Waals surface area contributed by atoms with E-state index in [0.29, 0.717) is 6.54 Å². The summed E-state index contributed by atoms with van der Waals surface area (Å²) in [5.74, 6) is 3.24. The van der Waals surface area contributed by atoms with Crippen molar-refractivity contribution in [1.29, 1.82) is 0 Å². The molecule has 0 radical (unpaired) electrons. The third-order valence-corrected chi connectivity index (χ3v) is 3.95. The van der Waals surface area contributed by atoms with Crippen LogP contribution in [-0.2, 0) is 6.54 Å². The zero-order valence-electron chi connectivity index (χ0n) is 13.0. The van der Waals surface area contributed by atoms with E-state index in [2.05, 4.69) is 30.4 Å². The second kappa shape index (κ2) is 5.79. The fraction of sp³-hybridized carbons (Fsp3) is 0.400. The molecule has 0 aliphatic carbocycles. The summed E-state index contributed by atoms with van der Waals surface area (Å²) in [6.07, 6.45) is 4.18. The molecule has 0 amide bonds. The number of aromatic nitrogens is 6. The molecule has 4 rings (SSSR count). The van der Waals surface area contributed by atoms with Gasteiger partial charge in [0.15, 0.2) is 11.5 Å². The molecule has 0 aromatic carbocycles. The molecule has 8 nitrogen and oxygen atoms in total. The van der Waals surface area contributed by atoms with Gasteiger partial charge in [-0.15, -0.1) is 15.3 Å². The van der Waals surface area contributed by atoms with Gasteiger partial charge >= 0.3 is 0 Å². The highest BCUT2D eigenvalue weighted by Gasteiger charge is 2.15. The lowest BCUT2D eigenvalue weighted by molar-refractivity contribution is 0.801. The van der Waals surface area contributed by atoms with Crippen LogP contribution in [-0.4, -0.2) is 42.9 Å². The lowest BCUT2D eigenvalue weighted by Gasteiger charge is -2.15. The molecule has 1 saturated heterocycles. The Morgan fingerprint density at radius 2 is 2.00 bits per heavy atom. The molecule has 0 saturated carbocycles. The SMILES string of the molecule is Cc1nccc(NCc2nnc3ccc(N4CCCC4)nn23)n1. The van der Waals surface area contributed by atoms with Crippen LogP contribution in [0.2, 0.25) is 0 Å². The van der Waals surface area contributed by atoms with Crippen LogP contribution in [0.15, 0.2) is 24.4 Å². The molecule has 1 fully saturated rings. The first-order chi connectivity index (χ1) is 11.3. The van der Waals surface area contributed by atoms with E-state index in [9.17, 15) is 0 Å². The number of aryl methyl sites for hydroxylation is 1. The molecule has 3 aromatic heterocycles. The Balaban J connectivity index is 1.58. The molecular formula is C15H18N8. The highest BCUT2D eigenvalue weighted by molar-refractivity contribution is 5.46. The molecular weight excluding hydrogens is 292 g/mol. The molecule has 0 bridgehead atoms. The van der Waals surface area contributed by atoms with E-state index in [1.165, 1.54) is 12.8 Å². The van der Waals surface area contributed by atoms with Crippen LogP contribution in [0.4, 0.5) is 11.6 Å². The smallest absolute Gasteiger partial charge is 0.178 e. The summed E-state index contributed by atoms with van der Waals surface area (Å²) >= 11 is 0. The van der Waals surface area contributed by atoms with Crippen molar-refractivity contribution in [3.8, 4) is 0 Å². The first-order valence-corrected chi connectivity index (χ1v) is 7.79. The molecule has 1 aliphatic heterocycles. The Kier molecular flexibility index (Phi) is 3.49. The lowest BCUT2D eigenvalue weighted by atomic mass is 10.4. The molecule has 4 heterocycles. The third-order valence-electron chi connectivity index (χ3n) is 3.95. The van der Waals surface area contributed by atoms with Crippen LogP contribution < -0.4 is 10.2 Å². The molecule has 8 heteroatoms. The third kappa shape index (κ3) is 2.79. The zero-order chi connectivity index (χ0) is 15.6. The Hall–Kier alpha value is -2.77. The number of hydrogen-bond acceptors (Lipinski definition) is 7. The Morgan fingerprint density at radius 1 is 1.13 bits per heavy atom. The van der Waals surface area contributed by atoms with Gasteiger partial charge in [0.1, 0.15) is 17.5 Å². The van der Waals surface area contributed by atoms with Gasteiger partial charge in [-0.05, 0) is 38.0 Å². The highest BCUT2D eigenvalue weighted by Crippen LogP contribution is 2.18. The van der Waals surface area contributed by atoms with Crippen LogP contribution in [0.25, 0.3) is 5.65 Å². The summed E-state index contributed by atoms with van der Waals surface area (Å²) in [6.45, 7) is 4.50. The molecule has 1 aliphatic rings. The van der Waals surface area contributed by atoms with Gasteiger partial charge < -0.3 is 10.2 Å². The highest BCUT2D eigenvalue weighted by atomic mass is 15.4. The van der Waals surface area contributed by atoms with E-state index in [1.807, 2.05) is 25.1 Å². The van der Waals surface area contributed by atoms with Crippen LogP contribution in [0.3, 0.4) is 0 Å².